The summed E-state index contributed by atoms with van der Waals surface area (Å²) in [5.74, 6) is -0.0342. The summed E-state index contributed by atoms with van der Waals surface area (Å²) in [4.78, 5) is 29.8. The second-order valence-electron chi connectivity index (χ2n) is 9.71. The summed E-state index contributed by atoms with van der Waals surface area (Å²) in [7, 11) is 3.83. The van der Waals surface area contributed by atoms with Gasteiger partial charge in [-0.3, -0.25) is 9.59 Å². The fourth-order valence-electron chi connectivity index (χ4n) is 4.18. The van der Waals surface area contributed by atoms with Gasteiger partial charge in [0.1, 0.15) is 17.3 Å². The van der Waals surface area contributed by atoms with Crippen LogP contribution in [0.5, 0.6) is 11.5 Å². The number of nitrogens with zero attached hydrogens (tertiary/aromatic N) is 2. The van der Waals surface area contributed by atoms with E-state index in [2.05, 4.69) is 6.92 Å². The molecule has 1 heterocycles. The van der Waals surface area contributed by atoms with Crippen molar-refractivity contribution in [3.63, 3.8) is 0 Å². The van der Waals surface area contributed by atoms with Gasteiger partial charge in [-0.1, -0.05) is 25.5 Å². The van der Waals surface area contributed by atoms with Crippen LogP contribution in [0.4, 0.5) is 0 Å². The van der Waals surface area contributed by atoms with E-state index in [0.717, 1.165) is 29.7 Å². The van der Waals surface area contributed by atoms with Crippen molar-refractivity contribution in [1.29, 1.82) is 0 Å². The fraction of sp³-hybridized carbons (Fsp3) is 0.448. The summed E-state index contributed by atoms with van der Waals surface area (Å²) < 4.78 is 11.6. The first-order valence-electron chi connectivity index (χ1n) is 12.6. The van der Waals surface area contributed by atoms with Crippen molar-refractivity contribution >= 4 is 17.4 Å². The number of carbonyl (C=O) groups is 2. The maximum atomic E-state index is 13.2. The van der Waals surface area contributed by atoms with Gasteiger partial charge in [0.25, 0.3) is 11.7 Å². The molecule has 1 saturated heterocycles. The Balaban J connectivity index is 2.04. The number of hydrogen-bond acceptors (Lipinski definition) is 6. The van der Waals surface area contributed by atoms with E-state index in [1.807, 2.05) is 64.0 Å². The number of likely N-dealkylation sites (N-methyl/N-ethyl adjacent to an activating group) is 1. The minimum absolute atomic E-state index is 0.0130. The minimum Gasteiger partial charge on any atom is -0.507 e. The van der Waals surface area contributed by atoms with E-state index >= 15 is 0 Å². The van der Waals surface area contributed by atoms with Crippen molar-refractivity contribution in [3.8, 4) is 11.5 Å². The smallest absolute Gasteiger partial charge is 0.295 e. The van der Waals surface area contributed by atoms with Crippen LogP contribution in [0, 0.1) is 6.92 Å². The molecular formula is C29H38N2O5. The van der Waals surface area contributed by atoms with Crippen LogP contribution in [0.1, 0.15) is 56.3 Å². The first-order chi connectivity index (χ1) is 17.1. The number of benzene rings is 2. The van der Waals surface area contributed by atoms with Crippen LogP contribution >= 0.6 is 0 Å². The zero-order valence-corrected chi connectivity index (χ0v) is 22.2. The quantitative estimate of drug-likeness (QED) is 0.206. The molecule has 1 aliphatic heterocycles. The van der Waals surface area contributed by atoms with Crippen LogP contribution in [0.2, 0.25) is 0 Å². The topological polar surface area (TPSA) is 79.3 Å². The molecule has 2 aromatic carbocycles. The Morgan fingerprint density at radius 2 is 1.81 bits per heavy atom. The average Bonchev–Trinajstić information content (AvgIpc) is 3.08. The maximum absolute atomic E-state index is 13.2. The molecule has 3 rings (SSSR count). The first-order valence-corrected chi connectivity index (χ1v) is 12.6. The summed E-state index contributed by atoms with van der Waals surface area (Å²) in [6, 6.07) is 12.0. The lowest BCUT2D eigenvalue weighted by Gasteiger charge is -2.26. The predicted molar refractivity (Wildman–Crippen MR) is 141 cm³/mol. The third kappa shape index (κ3) is 6.26. The number of Topliss-reactive ketones (excluding diaryl/α,β-unsaturated/α-hetero) is 1. The number of aryl methyl sites for hydroxylation is 1. The third-order valence-corrected chi connectivity index (χ3v) is 6.10. The van der Waals surface area contributed by atoms with Crippen LogP contribution in [-0.4, -0.2) is 66.5 Å². The Kier molecular flexibility index (Phi) is 9.15. The van der Waals surface area contributed by atoms with Gasteiger partial charge in [0.2, 0.25) is 0 Å². The molecule has 0 radical (unpaired) electrons. The molecule has 2 aromatic rings. The van der Waals surface area contributed by atoms with Gasteiger partial charge in [-0.15, -0.1) is 0 Å². The highest BCUT2D eigenvalue weighted by Gasteiger charge is 2.45. The highest BCUT2D eigenvalue weighted by atomic mass is 16.5. The van der Waals surface area contributed by atoms with Gasteiger partial charge < -0.3 is 24.4 Å². The van der Waals surface area contributed by atoms with Crippen molar-refractivity contribution < 1.29 is 24.2 Å². The number of ether oxygens (including phenoxy) is 2. The second-order valence-corrected chi connectivity index (χ2v) is 9.71. The lowest BCUT2D eigenvalue weighted by Crippen LogP contribution is -2.35. The van der Waals surface area contributed by atoms with Gasteiger partial charge in [0, 0.05) is 18.7 Å². The molecule has 1 atom stereocenters. The molecule has 0 saturated carbocycles. The standard InChI is InChI=1S/C29H38N2O5/c1-7-8-17-35-23-12-9-21(10-13-23)26-25(28(33)29(34)31(26)16-15-30(5)6)27(32)22-11-14-24(20(4)18-22)36-19(2)3/h9-14,18-19,26,32H,7-8,15-17H2,1-6H3/b27-25+. The first kappa shape index (κ1) is 27.3. The highest BCUT2D eigenvalue weighted by molar-refractivity contribution is 6.46. The van der Waals surface area contributed by atoms with Crippen LogP contribution in [0.3, 0.4) is 0 Å². The Hall–Kier alpha value is -3.32. The van der Waals surface area contributed by atoms with Gasteiger partial charge >= 0.3 is 0 Å². The highest BCUT2D eigenvalue weighted by Crippen LogP contribution is 2.40. The molecule has 0 bridgehead atoms. The molecule has 0 spiro atoms. The molecule has 0 aliphatic carbocycles. The van der Waals surface area contributed by atoms with E-state index in [-0.39, 0.29) is 17.4 Å². The minimum atomic E-state index is -0.693. The van der Waals surface area contributed by atoms with Crippen LogP contribution in [0.25, 0.3) is 5.76 Å². The fourth-order valence-corrected chi connectivity index (χ4v) is 4.18. The summed E-state index contributed by atoms with van der Waals surface area (Å²) in [5.41, 5.74) is 2.14. The summed E-state index contributed by atoms with van der Waals surface area (Å²) >= 11 is 0. The van der Waals surface area contributed by atoms with E-state index in [0.29, 0.717) is 31.0 Å². The lowest BCUT2D eigenvalue weighted by atomic mass is 9.94. The zero-order chi connectivity index (χ0) is 26.4. The number of rotatable bonds is 11. The van der Waals surface area contributed by atoms with E-state index < -0.39 is 17.7 Å². The van der Waals surface area contributed by atoms with E-state index in [1.54, 1.807) is 23.1 Å². The zero-order valence-electron chi connectivity index (χ0n) is 22.2. The van der Waals surface area contributed by atoms with Crippen molar-refractivity contribution in [1.82, 2.24) is 9.80 Å². The maximum Gasteiger partial charge on any atom is 0.295 e. The van der Waals surface area contributed by atoms with Crippen molar-refractivity contribution in [2.24, 2.45) is 0 Å². The number of aliphatic hydroxyl groups excluding tert-OH is 1. The molecule has 1 amide bonds. The van der Waals surface area contributed by atoms with Gasteiger partial charge in [0.05, 0.1) is 24.3 Å². The van der Waals surface area contributed by atoms with E-state index in [1.165, 1.54) is 0 Å². The average molecular weight is 495 g/mol. The summed E-state index contributed by atoms with van der Waals surface area (Å²) in [5, 5.41) is 11.3. The molecule has 1 aliphatic rings. The summed E-state index contributed by atoms with van der Waals surface area (Å²) in [6.07, 6.45) is 2.02. The van der Waals surface area contributed by atoms with Gasteiger partial charge in [-0.25, -0.2) is 0 Å². The SMILES string of the molecule is CCCCOc1ccc(C2/C(=C(\O)c3ccc(OC(C)C)c(C)c3)C(=O)C(=O)N2CCN(C)C)cc1. The Morgan fingerprint density at radius 3 is 2.39 bits per heavy atom. The third-order valence-electron chi connectivity index (χ3n) is 6.10. The normalized spacial score (nSPS) is 17.3. The monoisotopic (exact) mass is 494 g/mol. The molecule has 0 aromatic heterocycles. The van der Waals surface area contributed by atoms with Gasteiger partial charge in [0.15, 0.2) is 0 Å². The number of amides is 1. The molecule has 36 heavy (non-hydrogen) atoms. The molecule has 194 valence electrons. The molecule has 7 nitrogen and oxygen atoms in total. The number of likely N-dealkylation sites (tertiary alicyclic amines) is 1. The molecule has 1 fully saturated rings. The number of carbonyl (C=O) groups excluding carboxylic acids is 2. The van der Waals surface area contributed by atoms with E-state index in [9.17, 15) is 14.7 Å². The number of hydrogen-bond donors (Lipinski definition) is 1. The predicted octanol–water partition coefficient (Wildman–Crippen LogP) is 4.94. The number of aliphatic hydroxyl groups is 1. The van der Waals surface area contributed by atoms with Gasteiger partial charge in [-0.2, -0.15) is 0 Å². The van der Waals surface area contributed by atoms with E-state index in [4.69, 9.17) is 9.47 Å². The van der Waals surface area contributed by atoms with Crippen LogP contribution in [-0.2, 0) is 9.59 Å². The van der Waals surface area contributed by atoms with Crippen molar-refractivity contribution in [2.75, 3.05) is 33.8 Å². The van der Waals surface area contributed by atoms with Crippen LogP contribution in [0.15, 0.2) is 48.0 Å². The Labute approximate surface area is 214 Å². The van der Waals surface area contributed by atoms with Crippen LogP contribution < -0.4 is 9.47 Å². The Bertz CT molecular complexity index is 1110. The number of ketones is 1. The second kappa shape index (κ2) is 12.1. The molecular weight excluding hydrogens is 456 g/mol. The largest absolute Gasteiger partial charge is 0.507 e. The molecule has 1 N–H and O–H groups in total. The van der Waals surface area contributed by atoms with Gasteiger partial charge in [-0.05, 0) is 82.7 Å². The van der Waals surface area contributed by atoms with Crippen molar-refractivity contribution in [2.45, 2.75) is 52.7 Å². The lowest BCUT2D eigenvalue weighted by molar-refractivity contribution is -0.140. The molecule has 7 heteroatoms. The summed E-state index contributed by atoms with van der Waals surface area (Å²) in [6.45, 7) is 9.46. The number of unbranched alkanes of at least 4 members (excludes halogenated alkanes) is 1. The Morgan fingerprint density at radius 1 is 1.11 bits per heavy atom. The van der Waals surface area contributed by atoms with Crippen molar-refractivity contribution in [3.05, 3.63) is 64.7 Å². The molecule has 1 unspecified atom stereocenters.